The van der Waals surface area contributed by atoms with Gasteiger partial charge < -0.3 is 9.47 Å². The highest BCUT2D eigenvalue weighted by molar-refractivity contribution is 5.81. The van der Waals surface area contributed by atoms with E-state index in [9.17, 15) is 9.59 Å². The van der Waals surface area contributed by atoms with Crippen molar-refractivity contribution in [3.63, 3.8) is 0 Å². The topological polar surface area (TPSA) is 52.6 Å². The van der Waals surface area contributed by atoms with Crippen LogP contribution in [-0.4, -0.2) is 24.6 Å². The zero-order chi connectivity index (χ0) is 14.9. The SMILES string of the molecule is C=CC(=O)OCCCC(CC(C)(C)C)OC(=O)C=C. The van der Waals surface area contributed by atoms with Crippen molar-refractivity contribution in [1.29, 1.82) is 0 Å². The van der Waals surface area contributed by atoms with Crippen LogP contribution in [0.3, 0.4) is 0 Å². The molecule has 0 aliphatic heterocycles. The smallest absolute Gasteiger partial charge is 0.330 e. The molecule has 108 valence electrons. The number of rotatable bonds is 8. The largest absolute Gasteiger partial charge is 0.463 e. The number of carbonyl (C=O) groups is 2. The lowest BCUT2D eigenvalue weighted by atomic mass is 9.88. The van der Waals surface area contributed by atoms with Crippen molar-refractivity contribution in [2.45, 2.75) is 46.1 Å². The van der Waals surface area contributed by atoms with Crippen molar-refractivity contribution >= 4 is 11.9 Å². The first-order chi connectivity index (χ1) is 8.78. The fourth-order valence-electron chi connectivity index (χ4n) is 1.64. The summed E-state index contributed by atoms with van der Waals surface area (Å²) in [6.45, 7) is 13.3. The summed E-state index contributed by atoms with van der Waals surface area (Å²) in [6, 6.07) is 0. The van der Waals surface area contributed by atoms with E-state index in [0.717, 1.165) is 18.6 Å². The summed E-state index contributed by atoms with van der Waals surface area (Å²) in [4.78, 5) is 22.1. The second-order valence-corrected chi connectivity index (χ2v) is 5.54. The highest BCUT2D eigenvalue weighted by atomic mass is 16.5. The third-order valence-corrected chi connectivity index (χ3v) is 2.37. The van der Waals surface area contributed by atoms with Crippen LogP contribution >= 0.6 is 0 Å². The molecule has 0 heterocycles. The van der Waals surface area contributed by atoms with Gasteiger partial charge in [-0.1, -0.05) is 33.9 Å². The Bertz CT molecular complexity index is 326. The highest BCUT2D eigenvalue weighted by Crippen LogP contribution is 2.24. The van der Waals surface area contributed by atoms with Crippen LogP contribution in [-0.2, 0) is 19.1 Å². The number of carbonyl (C=O) groups excluding carboxylic acids is 2. The van der Waals surface area contributed by atoms with E-state index in [2.05, 4.69) is 33.9 Å². The van der Waals surface area contributed by atoms with Crippen LogP contribution in [0.2, 0.25) is 0 Å². The van der Waals surface area contributed by atoms with Crippen molar-refractivity contribution in [2.24, 2.45) is 5.41 Å². The first-order valence-electron chi connectivity index (χ1n) is 6.40. The molecule has 0 amide bonds. The Balaban J connectivity index is 4.18. The molecule has 0 radical (unpaired) electrons. The lowest BCUT2D eigenvalue weighted by molar-refractivity contribution is -0.145. The maximum atomic E-state index is 11.3. The van der Waals surface area contributed by atoms with Gasteiger partial charge in [-0.2, -0.15) is 0 Å². The molecule has 0 spiro atoms. The summed E-state index contributed by atoms with van der Waals surface area (Å²) in [5.41, 5.74) is 0.0594. The van der Waals surface area contributed by atoms with Gasteiger partial charge in [-0.25, -0.2) is 9.59 Å². The summed E-state index contributed by atoms with van der Waals surface area (Å²) in [5, 5.41) is 0. The average molecular weight is 268 g/mol. The Kier molecular flexibility index (Phi) is 7.80. The van der Waals surface area contributed by atoms with Crippen LogP contribution < -0.4 is 0 Å². The fraction of sp³-hybridized carbons (Fsp3) is 0.600. The van der Waals surface area contributed by atoms with Gasteiger partial charge in [-0.3, -0.25) is 0 Å². The minimum Gasteiger partial charge on any atom is -0.463 e. The molecule has 1 atom stereocenters. The van der Waals surface area contributed by atoms with E-state index in [1.54, 1.807) is 0 Å². The second-order valence-electron chi connectivity index (χ2n) is 5.54. The van der Waals surface area contributed by atoms with Crippen LogP contribution in [0.1, 0.15) is 40.0 Å². The lowest BCUT2D eigenvalue weighted by Gasteiger charge is -2.25. The summed E-state index contributed by atoms with van der Waals surface area (Å²) in [5.74, 6) is -0.854. The molecule has 4 nitrogen and oxygen atoms in total. The van der Waals surface area contributed by atoms with Gasteiger partial charge in [0.2, 0.25) is 0 Å². The summed E-state index contributed by atoms with van der Waals surface area (Å²) >= 11 is 0. The molecule has 1 unspecified atom stereocenters. The van der Waals surface area contributed by atoms with Gasteiger partial charge in [0, 0.05) is 12.2 Å². The molecular weight excluding hydrogens is 244 g/mol. The minimum atomic E-state index is -0.435. The third kappa shape index (κ3) is 10.1. The Morgan fingerprint density at radius 3 is 2.21 bits per heavy atom. The molecule has 0 N–H and O–H groups in total. The molecule has 0 saturated heterocycles. The fourth-order valence-corrected chi connectivity index (χ4v) is 1.64. The molecular formula is C15H24O4. The second kappa shape index (κ2) is 8.51. The lowest BCUT2D eigenvalue weighted by Crippen LogP contribution is -2.24. The van der Waals surface area contributed by atoms with Crippen molar-refractivity contribution in [3.05, 3.63) is 25.3 Å². The van der Waals surface area contributed by atoms with E-state index >= 15 is 0 Å². The molecule has 0 saturated carbocycles. The summed E-state index contributed by atoms with van der Waals surface area (Å²) < 4.78 is 10.2. The predicted molar refractivity (Wildman–Crippen MR) is 74.5 cm³/mol. The van der Waals surface area contributed by atoms with E-state index in [-0.39, 0.29) is 11.5 Å². The van der Waals surface area contributed by atoms with Crippen LogP contribution in [0.4, 0.5) is 0 Å². The Morgan fingerprint density at radius 1 is 1.16 bits per heavy atom. The van der Waals surface area contributed by atoms with Gasteiger partial charge in [-0.05, 0) is 24.7 Å². The van der Waals surface area contributed by atoms with Gasteiger partial charge in [0.1, 0.15) is 6.10 Å². The summed E-state index contributed by atoms with van der Waals surface area (Å²) in [6.07, 6.45) is 4.15. The quantitative estimate of drug-likeness (QED) is 0.386. The van der Waals surface area contributed by atoms with Crippen LogP contribution in [0.5, 0.6) is 0 Å². The molecule has 0 rings (SSSR count). The third-order valence-electron chi connectivity index (χ3n) is 2.37. The number of esters is 2. The van der Waals surface area contributed by atoms with E-state index in [4.69, 9.17) is 9.47 Å². The Labute approximate surface area is 115 Å². The monoisotopic (exact) mass is 268 g/mol. The normalized spacial score (nSPS) is 12.4. The van der Waals surface area contributed by atoms with Gasteiger partial charge in [0.15, 0.2) is 0 Å². The molecule has 0 aliphatic carbocycles. The van der Waals surface area contributed by atoms with Gasteiger partial charge in [0.05, 0.1) is 6.61 Å². The zero-order valence-corrected chi connectivity index (χ0v) is 12.1. The van der Waals surface area contributed by atoms with Crippen molar-refractivity contribution in [3.8, 4) is 0 Å². The standard InChI is InChI=1S/C15H24O4/c1-6-13(16)18-10-8-9-12(11-15(3,4)5)19-14(17)7-2/h6-7,12H,1-2,8-11H2,3-5H3. The first-order valence-corrected chi connectivity index (χ1v) is 6.40. The molecule has 0 aromatic rings. The predicted octanol–water partition coefficient (Wildman–Crippen LogP) is 3.03. The Morgan fingerprint density at radius 2 is 1.74 bits per heavy atom. The maximum absolute atomic E-state index is 11.3. The van der Waals surface area contributed by atoms with E-state index in [0.29, 0.717) is 19.4 Å². The average Bonchev–Trinajstić information content (AvgIpc) is 2.31. The van der Waals surface area contributed by atoms with Crippen molar-refractivity contribution in [1.82, 2.24) is 0 Å². The van der Waals surface area contributed by atoms with Crippen LogP contribution in [0.25, 0.3) is 0 Å². The van der Waals surface area contributed by atoms with Crippen LogP contribution in [0, 0.1) is 5.41 Å². The maximum Gasteiger partial charge on any atom is 0.330 e. The molecule has 19 heavy (non-hydrogen) atoms. The molecule has 0 bridgehead atoms. The Hall–Kier alpha value is -1.58. The first kappa shape index (κ1) is 17.4. The molecule has 4 heteroatoms. The van der Waals surface area contributed by atoms with Crippen molar-refractivity contribution < 1.29 is 19.1 Å². The zero-order valence-electron chi connectivity index (χ0n) is 12.1. The van der Waals surface area contributed by atoms with E-state index in [1.807, 2.05) is 0 Å². The van der Waals surface area contributed by atoms with Crippen molar-refractivity contribution in [2.75, 3.05) is 6.61 Å². The molecule has 0 fully saturated rings. The van der Waals surface area contributed by atoms with E-state index < -0.39 is 11.9 Å². The van der Waals surface area contributed by atoms with Crippen LogP contribution in [0.15, 0.2) is 25.3 Å². The summed E-state index contributed by atoms with van der Waals surface area (Å²) in [7, 11) is 0. The van der Waals surface area contributed by atoms with E-state index in [1.165, 1.54) is 0 Å². The minimum absolute atomic E-state index is 0.0594. The van der Waals surface area contributed by atoms with Gasteiger partial charge in [0.25, 0.3) is 0 Å². The number of hydrogen-bond acceptors (Lipinski definition) is 4. The number of ether oxygens (including phenoxy) is 2. The van der Waals surface area contributed by atoms with Gasteiger partial charge in [-0.15, -0.1) is 0 Å². The molecule has 0 aromatic carbocycles. The molecule has 0 aromatic heterocycles. The van der Waals surface area contributed by atoms with Gasteiger partial charge >= 0.3 is 11.9 Å². The molecule has 0 aliphatic rings. The number of hydrogen-bond donors (Lipinski definition) is 0. The highest BCUT2D eigenvalue weighted by Gasteiger charge is 2.21.